The Morgan fingerprint density at radius 2 is 2.22 bits per heavy atom. The summed E-state index contributed by atoms with van der Waals surface area (Å²) in [6.45, 7) is 1.94. The molecule has 0 heterocycles. The van der Waals surface area contributed by atoms with E-state index in [2.05, 4.69) is 49.8 Å². The van der Waals surface area contributed by atoms with Crippen LogP contribution in [0.1, 0.15) is 11.1 Å². The molecule has 0 spiro atoms. The van der Waals surface area contributed by atoms with Crippen LogP contribution in [0.3, 0.4) is 0 Å². The number of ether oxygens (including phenoxy) is 1. The van der Waals surface area contributed by atoms with Crippen molar-refractivity contribution >= 4 is 67.8 Å². The number of hydrogen-bond acceptors (Lipinski definition) is 3. The number of anilines is 1. The molecular weight excluding hydrogens is 542 g/mol. The van der Waals surface area contributed by atoms with Gasteiger partial charge in [-0.3, -0.25) is 4.79 Å². The van der Waals surface area contributed by atoms with Crippen molar-refractivity contribution < 1.29 is 9.53 Å². The Bertz CT molecular complexity index is 983. The first-order valence-electron chi connectivity index (χ1n) is 7.61. The monoisotopic (exact) mass is 554 g/mol. The predicted octanol–water partition coefficient (Wildman–Crippen LogP) is 5.57. The smallest absolute Gasteiger partial charge is 0.266 e. The molecule has 0 fully saturated rings. The van der Waals surface area contributed by atoms with Crippen molar-refractivity contribution in [2.75, 3.05) is 11.9 Å². The second-order valence-corrected chi connectivity index (χ2v) is 7.77. The Kier molecular flexibility index (Phi) is 7.73. The maximum Gasteiger partial charge on any atom is 0.266 e. The number of nitrogens with zero attached hydrogens (tertiary/aromatic N) is 1. The van der Waals surface area contributed by atoms with E-state index >= 15 is 0 Å². The summed E-state index contributed by atoms with van der Waals surface area (Å²) in [5, 5.41) is 12.7. The Morgan fingerprint density at radius 3 is 2.85 bits per heavy atom. The molecule has 7 heteroatoms. The zero-order chi connectivity index (χ0) is 20.0. The Balaban J connectivity index is 2.30. The highest BCUT2D eigenvalue weighted by atomic mass is 127. The van der Waals surface area contributed by atoms with E-state index in [4.69, 9.17) is 22.8 Å². The quantitative estimate of drug-likeness (QED) is 0.227. The van der Waals surface area contributed by atoms with E-state index in [0.717, 1.165) is 9.13 Å². The van der Waals surface area contributed by atoms with Crippen molar-refractivity contribution in [1.29, 1.82) is 5.26 Å². The molecule has 1 amide bonds. The lowest BCUT2D eigenvalue weighted by atomic mass is 10.1. The number of terminal acetylenes is 1. The molecule has 1 N–H and O–H groups in total. The maximum atomic E-state index is 12.5. The van der Waals surface area contributed by atoms with Crippen LogP contribution in [0, 0.1) is 34.2 Å². The third kappa shape index (κ3) is 5.49. The lowest BCUT2D eigenvalue weighted by molar-refractivity contribution is -0.112. The molecule has 27 heavy (non-hydrogen) atoms. The fourth-order valence-electron chi connectivity index (χ4n) is 2.16. The minimum absolute atomic E-state index is 0.0330. The molecule has 0 aliphatic rings. The van der Waals surface area contributed by atoms with Crippen LogP contribution < -0.4 is 10.1 Å². The van der Waals surface area contributed by atoms with Gasteiger partial charge in [0.25, 0.3) is 5.91 Å². The fraction of sp³-hybridized carbons (Fsp3) is 0.100. The van der Waals surface area contributed by atoms with Crippen molar-refractivity contribution in [1.82, 2.24) is 0 Å². The highest BCUT2D eigenvalue weighted by Crippen LogP contribution is 2.33. The van der Waals surface area contributed by atoms with Crippen molar-refractivity contribution in [2.45, 2.75) is 6.92 Å². The maximum absolute atomic E-state index is 12.5. The summed E-state index contributed by atoms with van der Waals surface area (Å²) in [4.78, 5) is 12.5. The summed E-state index contributed by atoms with van der Waals surface area (Å²) >= 11 is 11.6. The molecule has 2 aromatic rings. The molecule has 136 valence electrons. The molecule has 2 aromatic carbocycles. The van der Waals surface area contributed by atoms with Gasteiger partial charge in [0.15, 0.2) is 0 Å². The number of nitrogens with one attached hydrogen (secondary N) is 1. The minimum atomic E-state index is -0.512. The van der Waals surface area contributed by atoms with Gasteiger partial charge in [-0.15, -0.1) is 6.42 Å². The molecule has 0 saturated heterocycles. The van der Waals surface area contributed by atoms with E-state index in [0.29, 0.717) is 26.5 Å². The van der Waals surface area contributed by atoms with Gasteiger partial charge in [-0.1, -0.05) is 23.6 Å². The number of halogens is 3. The first-order valence-corrected chi connectivity index (χ1v) is 9.86. The molecule has 0 unspecified atom stereocenters. The number of carbonyl (C=O) groups is 1. The molecule has 0 aliphatic carbocycles. The lowest BCUT2D eigenvalue weighted by Crippen LogP contribution is -2.14. The van der Waals surface area contributed by atoms with Gasteiger partial charge in [-0.2, -0.15) is 5.26 Å². The Labute approximate surface area is 184 Å². The summed E-state index contributed by atoms with van der Waals surface area (Å²) in [5.74, 6) is 2.51. The number of nitriles is 1. The second kappa shape index (κ2) is 9.80. The van der Waals surface area contributed by atoms with Crippen molar-refractivity contribution in [3.8, 4) is 24.2 Å². The van der Waals surface area contributed by atoms with Gasteiger partial charge in [-0.05, 0) is 86.9 Å². The van der Waals surface area contributed by atoms with E-state index in [1.54, 1.807) is 37.3 Å². The molecule has 0 bridgehead atoms. The Morgan fingerprint density at radius 1 is 1.48 bits per heavy atom. The van der Waals surface area contributed by atoms with Gasteiger partial charge in [-0.25, -0.2) is 0 Å². The molecule has 2 rings (SSSR count). The minimum Gasteiger partial charge on any atom is -0.479 e. The van der Waals surface area contributed by atoms with Crippen molar-refractivity contribution in [2.24, 2.45) is 0 Å². The summed E-state index contributed by atoms with van der Waals surface area (Å²) < 4.78 is 6.96. The Hall–Kier alpha value is -2.00. The van der Waals surface area contributed by atoms with E-state index in [1.165, 1.54) is 6.08 Å². The van der Waals surface area contributed by atoms with Gasteiger partial charge < -0.3 is 10.1 Å². The lowest BCUT2D eigenvalue weighted by Gasteiger charge is -2.10. The first-order chi connectivity index (χ1) is 12.9. The van der Waals surface area contributed by atoms with Gasteiger partial charge in [0.05, 0.1) is 8.04 Å². The molecular formula is C20H13BrClIN2O2. The first kappa shape index (κ1) is 21.3. The highest BCUT2D eigenvalue weighted by Gasteiger charge is 2.14. The molecule has 0 radical (unpaired) electrons. The SMILES string of the molecule is C#CCOc1c(Br)cc(/C=C(/C#N)C(=O)Nc2cccc(Cl)c2C)cc1I. The molecule has 4 nitrogen and oxygen atoms in total. The summed E-state index contributed by atoms with van der Waals surface area (Å²) in [6, 6.07) is 10.7. The molecule has 0 aliphatic heterocycles. The fourth-order valence-corrected chi connectivity index (χ4v) is 4.11. The van der Waals surface area contributed by atoms with Gasteiger partial charge in [0.1, 0.15) is 24.0 Å². The third-order valence-corrected chi connectivity index (χ3v) is 5.31. The summed E-state index contributed by atoms with van der Waals surface area (Å²) in [6.07, 6.45) is 6.72. The van der Waals surface area contributed by atoms with E-state index in [-0.39, 0.29) is 12.2 Å². The molecule has 0 saturated carbocycles. The van der Waals surface area contributed by atoms with E-state index in [1.807, 2.05) is 6.07 Å². The van der Waals surface area contributed by atoms with Crippen LogP contribution in [0.4, 0.5) is 5.69 Å². The van der Waals surface area contributed by atoms with E-state index < -0.39 is 5.91 Å². The topological polar surface area (TPSA) is 62.1 Å². The normalized spacial score (nSPS) is 10.7. The average Bonchev–Trinajstić information content (AvgIpc) is 2.62. The number of amides is 1. The standard InChI is InChI=1S/C20H13BrClIN2O2/c1-3-7-27-19-15(21)9-13(10-17(19)23)8-14(11-24)20(26)25-18-6-4-5-16(22)12(18)2/h1,4-6,8-10H,7H2,2H3,(H,25,26)/b14-8-. The predicted molar refractivity (Wildman–Crippen MR) is 120 cm³/mol. The number of carbonyl (C=O) groups excluding carboxylic acids is 1. The zero-order valence-corrected chi connectivity index (χ0v) is 18.6. The third-order valence-electron chi connectivity index (χ3n) is 3.51. The van der Waals surface area contributed by atoms with Crippen molar-refractivity contribution in [3.63, 3.8) is 0 Å². The second-order valence-electron chi connectivity index (χ2n) is 5.34. The van der Waals surface area contributed by atoms with Crippen LogP contribution in [0.5, 0.6) is 5.75 Å². The van der Waals surface area contributed by atoms with Crippen LogP contribution in [-0.2, 0) is 4.79 Å². The molecule has 0 aromatic heterocycles. The number of benzene rings is 2. The van der Waals surface area contributed by atoms with Gasteiger partial charge in [0, 0.05) is 10.7 Å². The summed E-state index contributed by atoms with van der Waals surface area (Å²) in [7, 11) is 0. The zero-order valence-electron chi connectivity index (χ0n) is 14.1. The average molecular weight is 556 g/mol. The van der Waals surface area contributed by atoms with Gasteiger partial charge >= 0.3 is 0 Å². The van der Waals surface area contributed by atoms with Crippen LogP contribution in [0.2, 0.25) is 5.02 Å². The molecule has 0 atom stereocenters. The number of hydrogen-bond donors (Lipinski definition) is 1. The van der Waals surface area contributed by atoms with Gasteiger partial charge in [0.2, 0.25) is 0 Å². The largest absolute Gasteiger partial charge is 0.479 e. The van der Waals surface area contributed by atoms with Crippen molar-refractivity contribution in [3.05, 3.63) is 60.1 Å². The van der Waals surface area contributed by atoms with Crippen LogP contribution in [-0.4, -0.2) is 12.5 Å². The van der Waals surface area contributed by atoms with Crippen LogP contribution in [0.15, 0.2) is 40.4 Å². The van der Waals surface area contributed by atoms with E-state index in [9.17, 15) is 10.1 Å². The van der Waals surface area contributed by atoms with Crippen LogP contribution in [0.25, 0.3) is 6.08 Å². The number of rotatable bonds is 5. The summed E-state index contributed by atoms with van der Waals surface area (Å²) in [5.41, 5.74) is 1.93. The highest BCUT2D eigenvalue weighted by molar-refractivity contribution is 14.1. The van der Waals surface area contributed by atoms with Crippen LogP contribution >= 0.6 is 50.1 Å².